The molecule has 11 heteroatoms. The molecular formula is C23H54N8O3. The number of Topliss-reactive ketones (excluding diaryl/α,β-unsaturated/α-hetero) is 3. The van der Waals surface area contributed by atoms with Crippen LogP contribution in [-0.4, -0.2) is 88.3 Å². The Morgan fingerprint density at radius 2 is 1.18 bits per heavy atom. The van der Waals surface area contributed by atoms with Crippen LogP contribution in [0.25, 0.3) is 0 Å². The van der Waals surface area contributed by atoms with E-state index in [0.717, 1.165) is 58.3 Å². The van der Waals surface area contributed by atoms with Crippen LogP contribution in [0.1, 0.15) is 59.3 Å². The molecule has 0 aliphatic carbocycles. The van der Waals surface area contributed by atoms with E-state index in [1.165, 1.54) is 13.8 Å². The molecule has 0 radical (unpaired) electrons. The lowest BCUT2D eigenvalue weighted by Crippen LogP contribution is -2.39. The zero-order valence-corrected chi connectivity index (χ0v) is 22.0. The third-order valence-electron chi connectivity index (χ3n) is 4.98. The molecule has 3 unspecified atom stereocenters. The summed E-state index contributed by atoms with van der Waals surface area (Å²) in [5.74, 6) is 0.349. The molecule has 0 saturated heterocycles. The lowest BCUT2D eigenvalue weighted by atomic mass is 10.1. The predicted octanol–water partition coefficient (Wildman–Crippen LogP) is -1.64. The lowest BCUT2D eigenvalue weighted by molar-refractivity contribution is -0.119. The number of nitrogens with two attached hydrogens (primary N) is 5. The van der Waals surface area contributed by atoms with Crippen molar-refractivity contribution in [2.24, 2.45) is 28.7 Å². The van der Waals surface area contributed by atoms with E-state index in [1.807, 2.05) is 0 Å². The van der Waals surface area contributed by atoms with Gasteiger partial charge >= 0.3 is 0 Å². The van der Waals surface area contributed by atoms with Crippen LogP contribution >= 0.6 is 0 Å². The van der Waals surface area contributed by atoms with E-state index >= 15 is 0 Å². The molecule has 0 aliphatic heterocycles. The summed E-state index contributed by atoms with van der Waals surface area (Å²) in [6.45, 7) is 9.78. The molecule has 0 aromatic rings. The van der Waals surface area contributed by atoms with Crippen molar-refractivity contribution in [3.05, 3.63) is 0 Å². The van der Waals surface area contributed by atoms with Gasteiger partial charge in [-0.1, -0.05) is 0 Å². The summed E-state index contributed by atoms with van der Waals surface area (Å²) in [6, 6.07) is -0.471. The number of likely N-dealkylation sites (N-methyl/N-ethyl adjacent to an activating group) is 1. The summed E-state index contributed by atoms with van der Waals surface area (Å²) in [5.41, 5.74) is 26.6. The van der Waals surface area contributed by atoms with Crippen molar-refractivity contribution in [2.75, 3.05) is 52.9 Å². The number of carbonyl (C=O) groups excluding carboxylic acids is 3. The van der Waals surface area contributed by atoms with Gasteiger partial charge < -0.3 is 44.6 Å². The molecule has 3 atom stereocenters. The molecule has 0 aromatic heterocycles. The number of nitrogens with one attached hydrogen (secondary N) is 3. The average molecular weight is 491 g/mol. The largest absolute Gasteiger partial charge is 0.330 e. The molecule has 0 spiro atoms. The summed E-state index contributed by atoms with van der Waals surface area (Å²) >= 11 is 0. The van der Waals surface area contributed by atoms with Crippen molar-refractivity contribution in [3.63, 3.8) is 0 Å². The smallest absolute Gasteiger partial charge is 0.147 e. The van der Waals surface area contributed by atoms with Crippen molar-refractivity contribution in [1.29, 1.82) is 0 Å². The molecule has 34 heavy (non-hydrogen) atoms. The highest BCUT2D eigenvalue weighted by molar-refractivity contribution is 5.82. The Labute approximate surface area is 207 Å². The van der Waals surface area contributed by atoms with Gasteiger partial charge in [-0.15, -0.1) is 0 Å². The summed E-state index contributed by atoms with van der Waals surface area (Å²) in [5, 5.41) is 9.33. The minimum atomic E-state index is -0.298. The minimum absolute atomic E-state index is 0.0159. The van der Waals surface area contributed by atoms with E-state index in [0.29, 0.717) is 26.1 Å². The SMILES string of the molecule is CC(=O)C(CCCNCCCN)NCCCN.CC(=O)C(N)CCCN.CNC(CN)C(C)=O. The van der Waals surface area contributed by atoms with Crippen LogP contribution in [0.4, 0.5) is 0 Å². The Morgan fingerprint density at radius 1 is 0.676 bits per heavy atom. The quantitative estimate of drug-likeness (QED) is 0.0960. The molecule has 0 saturated carbocycles. The van der Waals surface area contributed by atoms with Gasteiger partial charge in [0.25, 0.3) is 0 Å². The van der Waals surface area contributed by atoms with Crippen LogP contribution in [0.2, 0.25) is 0 Å². The van der Waals surface area contributed by atoms with Crippen LogP contribution in [0.5, 0.6) is 0 Å². The Balaban J connectivity index is -0.000000474. The van der Waals surface area contributed by atoms with E-state index in [1.54, 1.807) is 14.0 Å². The maximum Gasteiger partial charge on any atom is 0.147 e. The zero-order valence-electron chi connectivity index (χ0n) is 22.0. The first-order valence-corrected chi connectivity index (χ1v) is 12.3. The molecule has 0 heterocycles. The Bertz CT molecular complexity index is 491. The molecule has 11 nitrogen and oxygen atoms in total. The molecule has 0 fully saturated rings. The van der Waals surface area contributed by atoms with Gasteiger partial charge in [-0.05, 0) is 106 Å². The second-order valence-electron chi connectivity index (χ2n) is 8.13. The highest BCUT2D eigenvalue weighted by Crippen LogP contribution is 1.98. The number of carbonyl (C=O) groups is 3. The normalized spacial score (nSPS) is 13.0. The molecule has 204 valence electrons. The maximum absolute atomic E-state index is 11.4. The predicted molar refractivity (Wildman–Crippen MR) is 141 cm³/mol. The fourth-order valence-corrected chi connectivity index (χ4v) is 2.64. The van der Waals surface area contributed by atoms with Crippen LogP contribution in [0.3, 0.4) is 0 Å². The fraction of sp³-hybridized carbons (Fsp3) is 0.870. The van der Waals surface area contributed by atoms with Gasteiger partial charge in [0.05, 0.1) is 18.1 Å². The van der Waals surface area contributed by atoms with E-state index in [9.17, 15) is 14.4 Å². The van der Waals surface area contributed by atoms with Crippen molar-refractivity contribution in [2.45, 2.75) is 77.4 Å². The molecular weight excluding hydrogens is 436 g/mol. The summed E-state index contributed by atoms with van der Waals surface area (Å²) < 4.78 is 0. The first kappa shape index (κ1) is 37.2. The fourth-order valence-electron chi connectivity index (χ4n) is 2.64. The van der Waals surface area contributed by atoms with Crippen LogP contribution in [-0.2, 0) is 14.4 Å². The second kappa shape index (κ2) is 27.9. The summed E-state index contributed by atoms with van der Waals surface area (Å²) in [7, 11) is 1.72. The zero-order chi connectivity index (χ0) is 26.8. The van der Waals surface area contributed by atoms with E-state index in [2.05, 4.69) is 16.0 Å². The van der Waals surface area contributed by atoms with Crippen molar-refractivity contribution in [1.82, 2.24) is 16.0 Å². The molecule has 0 aromatic carbocycles. The van der Waals surface area contributed by atoms with Gasteiger partial charge in [0.2, 0.25) is 0 Å². The standard InChI is InChI=1S/C12H28N4O.C6H14N2O.C5H12N2O/c1-11(17)12(16-10-4-7-14)5-2-8-15-9-3-6-13;1-5(9)6(8)3-2-4-7;1-4(8)5(3-6)7-2/h12,15-16H,2-10,13-14H2,1H3;6H,2-4,7-8H2,1H3;5,7H,3,6H2,1-2H3. The molecule has 0 amide bonds. The van der Waals surface area contributed by atoms with Gasteiger partial charge in [-0.25, -0.2) is 0 Å². The Morgan fingerprint density at radius 3 is 1.56 bits per heavy atom. The summed E-state index contributed by atoms with van der Waals surface area (Å²) in [4.78, 5) is 32.3. The van der Waals surface area contributed by atoms with Gasteiger partial charge in [0.1, 0.15) is 17.3 Å². The van der Waals surface area contributed by atoms with Crippen molar-refractivity contribution in [3.8, 4) is 0 Å². The second-order valence-corrected chi connectivity index (χ2v) is 8.13. The number of hydrogen-bond acceptors (Lipinski definition) is 11. The van der Waals surface area contributed by atoms with E-state index in [-0.39, 0.29) is 35.5 Å². The van der Waals surface area contributed by atoms with Crippen molar-refractivity contribution >= 4 is 17.3 Å². The number of hydrogen-bond donors (Lipinski definition) is 8. The van der Waals surface area contributed by atoms with Crippen LogP contribution in [0, 0.1) is 0 Å². The van der Waals surface area contributed by atoms with Crippen molar-refractivity contribution < 1.29 is 14.4 Å². The van der Waals surface area contributed by atoms with E-state index < -0.39 is 0 Å². The Hall–Kier alpha value is -1.31. The lowest BCUT2D eigenvalue weighted by Gasteiger charge is -2.15. The summed E-state index contributed by atoms with van der Waals surface area (Å²) in [6.07, 6.45) is 5.36. The van der Waals surface area contributed by atoms with Gasteiger partial charge in [-0.2, -0.15) is 0 Å². The average Bonchev–Trinajstić information content (AvgIpc) is 2.79. The number of ketones is 3. The molecule has 0 bridgehead atoms. The molecule has 13 N–H and O–H groups in total. The monoisotopic (exact) mass is 490 g/mol. The maximum atomic E-state index is 11.4. The topological polar surface area (TPSA) is 217 Å². The minimum Gasteiger partial charge on any atom is -0.330 e. The molecule has 0 rings (SSSR count). The highest BCUT2D eigenvalue weighted by Gasteiger charge is 2.12. The van der Waals surface area contributed by atoms with Gasteiger partial charge in [-0.3, -0.25) is 14.4 Å². The third-order valence-corrected chi connectivity index (χ3v) is 4.98. The van der Waals surface area contributed by atoms with E-state index in [4.69, 9.17) is 28.7 Å². The van der Waals surface area contributed by atoms with Gasteiger partial charge in [0, 0.05) is 6.54 Å². The molecule has 0 aliphatic rings. The highest BCUT2D eigenvalue weighted by atomic mass is 16.1. The third kappa shape index (κ3) is 26.9. The first-order valence-electron chi connectivity index (χ1n) is 12.3. The first-order chi connectivity index (χ1) is 16.1. The van der Waals surface area contributed by atoms with Gasteiger partial charge in [0.15, 0.2) is 0 Å². The van der Waals surface area contributed by atoms with Crippen LogP contribution < -0.4 is 44.6 Å². The Kier molecular flexibility index (Phi) is 30.6. The van der Waals surface area contributed by atoms with Crippen LogP contribution in [0.15, 0.2) is 0 Å². The number of rotatable bonds is 19.